The van der Waals surface area contributed by atoms with Gasteiger partial charge in [-0.15, -0.1) is 0 Å². The zero-order chi connectivity index (χ0) is 5.82. The molecule has 8 heavy (non-hydrogen) atoms. The maximum atomic E-state index is 3.86. The lowest BCUT2D eigenvalue weighted by atomic mass is 10.3. The van der Waals surface area contributed by atoms with Gasteiger partial charge in [-0.2, -0.15) is 0 Å². The Labute approximate surface area is 48.6 Å². The molecule has 1 rings (SSSR count). The quantitative estimate of drug-likeness (QED) is 0.531. The minimum absolute atomic E-state index is 0.957. The second-order valence-corrected chi connectivity index (χ2v) is 1.50. The van der Waals surface area contributed by atoms with Gasteiger partial charge in [0.05, 0.1) is 0 Å². The van der Waals surface area contributed by atoms with Crippen molar-refractivity contribution in [3.8, 4) is 0 Å². The Kier molecular flexibility index (Phi) is 1.57. The molecule has 41 valence electrons. The Morgan fingerprint density at radius 1 is 1.75 bits per heavy atom. The Balaban J connectivity index is 2.83. The molecule has 0 saturated heterocycles. The van der Waals surface area contributed by atoms with E-state index in [-0.39, 0.29) is 0 Å². The molecule has 0 aliphatic carbocycles. The second kappa shape index (κ2) is 2.40. The SMILES string of the molecule is CCc1ccn[c]n1. The Hall–Kier alpha value is -0.920. The van der Waals surface area contributed by atoms with E-state index in [0.717, 1.165) is 12.1 Å². The van der Waals surface area contributed by atoms with Crippen molar-refractivity contribution in [1.82, 2.24) is 9.97 Å². The number of aryl methyl sites for hydroxylation is 1. The summed E-state index contributed by atoms with van der Waals surface area (Å²) in [7, 11) is 0. The molecule has 1 aromatic rings. The molecule has 0 aliphatic heterocycles. The average molecular weight is 107 g/mol. The van der Waals surface area contributed by atoms with Crippen LogP contribution in [0.3, 0.4) is 0 Å². The fourth-order valence-electron chi connectivity index (χ4n) is 0.484. The largest absolute Gasteiger partial charge is 0.234 e. The molecule has 0 amide bonds. The summed E-state index contributed by atoms with van der Waals surface area (Å²) < 4.78 is 0. The van der Waals surface area contributed by atoms with Crippen LogP contribution in [-0.2, 0) is 6.42 Å². The number of hydrogen-bond donors (Lipinski definition) is 0. The van der Waals surface area contributed by atoms with Crippen LogP contribution in [0.4, 0.5) is 0 Å². The van der Waals surface area contributed by atoms with E-state index in [9.17, 15) is 0 Å². The zero-order valence-corrected chi connectivity index (χ0v) is 4.76. The standard InChI is InChI=1S/C6H7N2/c1-2-6-3-4-7-5-8-6/h3-4H,2H2,1H3. The van der Waals surface area contributed by atoms with Gasteiger partial charge >= 0.3 is 0 Å². The van der Waals surface area contributed by atoms with Gasteiger partial charge in [-0.1, -0.05) is 6.92 Å². The first-order valence-corrected chi connectivity index (χ1v) is 2.61. The van der Waals surface area contributed by atoms with Gasteiger partial charge < -0.3 is 0 Å². The lowest BCUT2D eigenvalue weighted by Gasteiger charge is -1.87. The van der Waals surface area contributed by atoms with Crippen LogP contribution in [0.2, 0.25) is 0 Å². The van der Waals surface area contributed by atoms with Crippen molar-refractivity contribution in [2.45, 2.75) is 13.3 Å². The van der Waals surface area contributed by atoms with Gasteiger partial charge in [0.25, 0.3) is 0 Å². The molecule has 1 aromatic heterocycles. The highest BCUT2D eigenvalue weighted by molar-refractivity contribution is 4.95. The van der Waals surface area contributed by atoms with Crippen molar-refractivity contribution in [2.75, 3.05) is 0 Å². The van der Waals surface area contributed by atoms with E-state index in [1.807, 2.05) is 6.07 Å². The molecule has 0 atom stereocenters. The first kappa shape index (κ1) is 5.22. The van der Waals surface area contributed by atoms with Crippen LogP contribution in [0.5, 0.6) is 0 Å². The van der Waals surface area contributed by atoms with Crippen LogP contribution in [0.1, 0.15) is 12.6 Å². The lowest BCUT2D eigenvalue weighted by Crippen LogP contribution is -1.84. The highest BCUT2D eigenvalue weighted by Crippen LogP contribution is 1.88. The van der Waals surface area contributed by atoms with Crippen LogP contribution in [-0.4, -0.2) is 9.97 Å². The molecule has 0 fully saturated rings. The molecule has 0 unspecified atom stereocenters. The Morgan fingerprint density at radius 3 is 3.00 bits per heavy atom. The molecule has 1 heterocycles. The van der Waals surface area contributed by atoms with E-state index >= 15 is 0 Å². The van der Waals surface area contributed by atoms with Gasteiger partial charge in [-0.3, -0.25) is 0 Å². The fourth-order valence-corrected chi connectivity index (χ4v) is 0.484. The Bertz CT molecular complexity index is 148. The van der Waals surface area contributed by atoms with Gasteiger partial charge in [0, 0.05) is 11.9 Å². The summed E-state index contributed by atoms with van der Waals surface area (Å²) in [5.74, 6) is 0. The topological polar surface area (TPSA) is 25.8 Å². The highest BCUT2D eigenvalue weighted by Gasteiger charge is 1.83. The van der Waals surface area contributed by atoms with E-state index in [1.165, 1.54) is 0 Å². The van der Waals surface area contributed by atoms with E-state index in [0.29, 0.717) is 0 Å². The summed E-state index contributed by atoms with van der Waals surface area (Å²) in [6.07, 6.45) is 5.17. The fraction of sp³-hybridized carbons (Fsp3) is 0.333. The van der Waals surface area contributed by atoms with Crippen molar-refractivity contribution in [2.24, 2.45) is 0 Å². The van der Waals surface area contributed by atoms with Crippen LogP contribution >= 0.6 is 0 Å². The first-order chi connectivity index (χ1) is 3.93. The normalized spacial score (nSPS) is 9.12. The molecule has 0 N–H and O–H groups in total. The van der Waals surface area contributed by atoms with Crippen molar-refractivity contribution < 1.29 is 0 Å². The molecule has 0 spiro atoms. The molecule has 0 aromatic carbocycles. The number of hydrogen-bond acceptors (Lipinski definition) is 2. The predicted molar refractivity (Wildman–Crippen MR) is 30.2 cm³/mol. The summed E-state index contributed by atoms with van der Waals surface area (Å²) in [5, 5.41) is 0. The summed E-state index contributed by atoms with van der Waals surface area (Å²) in [4.78, 5) is 7.52. The lowest BCUT2D eigenvalue weighted by molar-refractivity contribution is 0.990. The third-order valence-corrected chi connectivity index (χ3v) is 0.955. The molecule has 0 saturated carbocycles. The molecule has 1 radical (unpaired) electrons. The summed E-state index contributed by atoms with van der Waals surface area (Å²) in [6.45, 7) is 2.05. The van der Waals surface area contributed by atoms with Crippen LogP contribution < -0.4 is 0 Å². The minimum Gasteiger partial charge on any atom is -0.234 e. The third kappa shape index (κ3) is 1.03. The monoisotopic (exact) mass is 107 g/mol. The van der Waals surface area contributed by atoms with E-state index < -0.39 is 0 Å². The molecule has 0 aliphatic rings. The third-order valence-electron chi connectivity index (χ3n) is 0.955. The van der Waals surface area contributed by atoms with Crippen LogP contribution in [0.25, 0.3) is 0 Å². The van der Waals surface area contributed by atoms with Crippen LogP contribution in [0.15, 0.2) is 12.3 Å². The average Bonchev–Trinajstić information content (AvgIpc) is 1.90. The summed E-state index contributed by atoms with van der Waals surface area (Å²) in [6, 6.07) is 1.89. The first-order valence-electron chi connectivity index (χ1n) is 2.61. The predicted octanol–water partition coefficient (Wildman–Crippen LogP) is 0.839. The number of aromatic nitrogens is 2. The molecule has 0 bridgehead atoms. The van der Waals surface area contributed by atoms with E-state index in [1.54, 1.807) is 6.20 Å². The van der Waals surface area contributed by atoms with Crippen molar-refractivity contribution >= 4 is 0 Å². The zero-order valence-electron chi connectivity index (χ0n) is 4.76. The minimum atomic E-state index is 0.957. The Morgan fingerprint density at radius 2 is 2.62 bits per heavy atom. The van der Waals surface area contributed by atoms with E-state index in [2.05, 4.69) is 23.2 Å². The van der Waals surface area contributed by atoms with Crippen molar-refractivity contribution in [3.05, 3.63) is 24.3 Å². The molecule has 2 nitrogen and oxygen atoms in total. The molecule has 2 heteroatoms. The molecular formula is C6H7N2. The highest BCUT2D eigenvalue weighted by atomic mass is 14.8. The number of nitrogens with zero attached hydrogens (tertiary/aromatic N) is 2. The maximum Gasteiger partial charge on any atom is 0.197 e. The smallest absolute Gasteiger partial charge is 0.197 e. The van der Waals surface area contributed by atoms with Gasteiger partial charge in [0.2, 0.25) is 0 Å². The van der Waals surface area contributed by atoms with E-state index in [4.69, 9.17) is 0 Å². The van der Waals surface area contributed by atoms with Crippen molar-refractivity contribution in [1.29, 1.82) is 0 Å². The summed E-state index contributed by atoms with van der Waals surface area (Å²) >= 11 is 0. The second-order valence-electron chi connectivity index (χ2n) is 1.50. The number of rotatable bonds is 1. The molecular weight excluding hydrogens is 100 g/mol. The van der Waals surface area contributed by atoms with Crippen LogP contribution in [0, 0.1) is 6.33 Å². The van der Waals surface area contributed by atoms with Gasteiger partial charge in [0.15, 0.2) is 6.33 Å². The maximum absolute atomic E-state index is 3.86. The van der Waals surface area contributed by atoms with Crippen molar-refractivity contribution in [3.63, 3.8) is 0 Å². The van der Waals surface area contributed by atoms with Gasteiger partial charge in [0.1, 0.15) is 0 Å². The summed E-state index contributed by atoms with van der Waals surface area (Å²) in [5.41, 5.74) is 1.04. The van der Waals surface area contributed by atoms with Gasteiger partial charge in [-0.05, 0) is 12.5 Å². The van der Waals surface area contributed by atoms with Gasteiger partial charge in [-0.25, -0.2) is 9.97 Å².